The minimum atomic E-state index is -0.257. The van der Waals surface area contributed by atoms with E-state index in [2.05, 4.69) is 5.32 Å². The first kappa shape index (κ1) is 15.8. The van der Waals surface area contributed by atoms with Crippen LogP contribution in [-0.4, -0.2) is 24.9 Å². The zero-order chi connectivity index (χ0) is 17.4. The van der Waals surface area contributed by atoms with Gasteiger partial charge in [-0.05, 0) is 60.2 Å². The third-order valence-electron chi connectivity index (χ3n) is 4.93. The molecule has 0 saturated heterocycles. The zero-order valence-corrected chi connectivity index (χ0v) is 13.8. The largest absolute Gasteiger partial charge is 0.352 e. The van der Waals surface area contributed by atoms with Gasteiger partial charge in [0.05, 0.1) is 5.69 Å². The summed E-state index contributed by atoms with van der Waals surface area (Å²) in [6, 6.07) is 10.1. The van der Waals surface area contributed by atoms with E-state index in [9.17, 15) is 14.0 Å². The molecule has 2 heterocycles. The number of aryl methyl sites for hydroxylation is 1. The summed E-state index contributed by atoms with van der Waals surface area (Å²) >= 11 is 0. The molecule has 0 spiro atoms. The van der Waals surface area contributed by atoms with Gasteiger partial charge in [-0.3, -0.25) is 9.59 Å². The number of halogens is 1. The molecule has 25 heavy (non-hydrogen) atoms. The Hall–Kier alpha value is -2.69. The summed E-state index contributed by atoms with van der Waals surface area (Å²) in [5, 5.41) is 2.93. The number of amides is 2. The summed E-state index contributed by atoms with van der Waals surface area (Å²) < 4.78 is 12.9. The zero-order valence-electron chi connectivity index (χ0n) is 13.8. The van der Waals surface area contributed by atoms with Gasteiger partial charge < -0.3 is 10.2 Å². The average Bonchev–Trinajstić information content (AvgIpc) is 3.05. The lowest BCUT2D eigenvalue weighted by Crippen LogP contribution is -2.33. The van der Waals surface area contributed by atoms with Crippen LogP contribution in [0.1, 0.15) is 33.5 Å². The van der Waals surface area contributed by atoms with E-state index in [1.165, 1.54) is 12.1 Å². The van der Waals surface area contributed by atoms with Crippen LogP contribution < -0.4 is 10.2 Å². The third-order valence-corrected chi connectivity index (χ3v) is 4.93. The minimum Gasteiger partial charge on any atom is -0.352 e. The summed E-state index contributed by atoms with van der Waals surface area (Å²) in [6.45, 7) is 1.22. The van der Waals surface area contributed by atoms with Crippen molar-refractivity contribution >= 4 is 17.5 Å². The highest BCUT2D eigenvalue weighted by atomic mass is 19.1. The summed E-state index contributed by atoms with van der Waals surface area (Å²) in [5.41, 5.74) is 4.86. The van der Waals surface area contributed by atoms with Crippen molar-refractivity contribution < 1.29 is 14.0 Å². The van der Waals surface area contributed by atoms with E-state index in [1.54, 1.807) is 12.1 Å². The summed E-state index contributed by atoms with van der Waals surface area (Å²) in [5.74, 6) is -0.174. The van der Waals surface area contributed by atoms with Crippen LogP contribution in [0.5, 0.6) is 0 Å². The van der Waals surface area contributed by atoms with Crippen LogP contribution in [0.4, 0.5) is 10.1 Å². The highest BCUT2D eigenvalue weighted by Gasteiger charge is 2.31. The second kappa shape index (κ2) is 6.31. The smallest absolute Gasteiger partial charge is 0.251 e. The Morgan fingerprint density at radius 3 is 2.56 bits per heavy atom. The Labute approximate surface area is 145 Å². The van der Waals surface area contributed by atoms with Gasteiger partial charge in [0.1, 0.15) is 5.82 Å². The lowest BCUT2D eigenvalue weighted by atomic mass is 9.96. The van der Waals surface area contributed by atoms with Crippen molar-refractivity contribution in [2.24, 2.45) is 0 Å². The number of nitrogens with zero attached hydrogens (tertiary/aromatic N) is 1. The fourth-order valence-electron chi connectivity index (χ4n) is 3.66. The highest BCUT2D eigenvalue weighted by Crippen LogP contribution is 2.37. The van der Waals surface area contributed by atoms with Crippen LogP contribution in [0.2, 0.25) is 0 Å². The van der Waals surface area contributed by atoms with Crippen LogP contribution in [0.3, 0.4) is 0 Å². The molecule has 0 radical (unpaired) electrons. The third kappa shape index (κ3) is 3.02. The van der Waals surface area contributed by atoms with Gasteiger partial charge in [0, 0.05) is 25.1 Å². The van der Waals surface area contributed by atoms with Crippen LogP contribution in [0.25, 0.3) is 0 Å². The van der Waals surface area contributed by atoms with E-state index < -0.39 is 0 Å². The van der Waals surface area contributed by atoms with E-state index in [-0.39, 0.29) is 17.6 Å². The first-order chi connectivity index (χ1) is 12.1. The van der Waals surface area contributed by atoms with Gasteiger partial charge in [0.15, 0.2) is 0 Å². The van der Waals surface area contributed by atoms with Gasteiger partial charge >= 0.3 is 0 Å². The summed E-state index contributed by atoms with van der Waals surface area (Å²) in [6.07, 6.45) is 2.69. The lowest BCUT2D eigenvalue weighted by Gasteiger charge is -2.25. The molecule has 4 nitrogen and oxygen atoms in total. The lowest BCUT2D eigenvalue weighted by molar-refractivity contribution is -0.118. The van der Waals surface area contributed by atoms with Crippen LogP contribution in [0, 0.1) is 5.82 Å². The molecule has 0 bridgehead atoms. The number of hydrogen-bond donors (Lipinski definition) is 1. The number of carbonyl (C=O) groups excluding carboxylic acids is 2. The predicted molar refractivity (Wildman–Crippen MR) is 93.3 cm³/mol. The Bertz CT molecular complexity index is 846. The standard InChI is InChI=1S/C20H19FN2O2/c21-17-4-1-13(2-5-17)7-9-22-20(25)16-11-14-3-6-18(24)23-10-8-15(12-16)19(14)23/h1-2,4-5,11-12H,3,6-10H2,(H,22,25). The minimum absolute atomic E-state index is 0.100. The molecular weight excluding hydrogens is 319 g/mol. The Balaban J connectivity index is 1.44. The second-order valence-electron chi connectivity index (χ2n) is 6.57. The molecule has 0 unspecified atom stereocenters. The number of anilines is 1. The molecule has 0 saturated carbocycles. The first-order valence-electron chi connectivity index (χ1n) is 8.60. The van der Waals surface area contributed by atoms with E-state index in [0.717, 1.165) is 35.3 Å². The molecule has 4 rings (SSSR count). The first-order valence-corrected chi connectivity index (χ1v) is 8.60. The molecule has 5 heteroatoms. The quantitative estimate of drug-likeness (QED) is 0.932. The molecule has 2 amide bonds. The fraction of sp³-hybridized carbons (Fsp3) is 0.300. The second-order valence-corrected chi connectivity index (χ2v) is 6.57. The molecule has 1 N–H and O–H groups in total. The molecule has 2 aliphatic rings. The monoisotopic (exact) mass is 338 g/mol. The van der Waals surface area contributed by atoms with Crippen LogP contribution in [0.15, 0.2) is 36.4 Å². The topological polar surface area (TPSA) is 49.4 Å². The fourth-order valence-corrected chi connectivity index (χ4v) is 3.66. The molecule has 0 aliphatic carbocycles. The number of carbonyl (C=O) groups is 2. The Morgan fingerprint density at radius 2 is 1.80 bits per heavy atom. The van der Waals surface area contributed by atoms with Gasteiger partial charge in [-0.2, -0.15) is 0 Å². The number of rotatable bonds is 4. The average molecular weight is 338 g/mol. The molecule has 2 aromatic rings. The van der Waals surface area contributed by atoms with Gasteiger partial charge in [-0.15, -0.1) is 0 Å². The van der Waals surface area contributed by atoms with Gasteiger partial charge in [-0.1, -0.05) is 12.1 Å². The maximum absolute atomic E-state index is 12.9. The van der Waals surface area contributed by atoms with Crippen molar-refractivity contribution in [1.29, 1.82) is 0 Å². The van der Waals surface area contributed by atoms with E-state index >= 15 is 0 Å². The van der Waals surface area contributed by atoms with E-state index in [4.69, 9.17) is 0 Å². The SMILES string of the molecule is O=C(NCCc1ccc(F)cc1)c1cc2c3c(c1)CCN3C(=O)CC2. The van der Waals surface area contributed by atoms with Crippen molar-refractivity contribution in [3.8, 4) is 0 Å². The summed E-state index contributed by atoms with van der Waals surface area (Å²) in [7, 11) is 0. The maximum Gasteiger partial charge on any atom is 0.251 e. The van der Waals surface area contributed by atoms with E-state index in [0.29, 0.717) is 31.4 Å². The predicted octanol–water partition coefficient (Wildman–Crippen LogP) is 2.63. The Morgan fingerprint density at radius 1 is 1.08 bits per heavy atom. The molecule has 0 atom stereocenters. The van der Waals surface area contributed by atoms with Gasteiger partial charge in [0.2, 0.25) is 5.91 Å². The van der Waals surface area contributed by atoms with E-state index in [1.807, 2.05) is 17.0 Å². The highest BCUT2D eigenvalue weighted by molar-refractivity contribution is 6.01. The molecule has 128 valence electrons. The van der Waals surface area contributed by atoms with Crippen LogP contribution in [-0.2, 0) is 24.1 Å². The van der Waals surface area contributed by atoms with Crippen LogP contribution >= 0.6 is 0 Å². The normalized spacial score (nSPS) is 15.2. The van der Waals surface area contributed by atoms with Crippen molar-refractivity contribution in [3.05, 3.63) is 64.5 Å². The van der Waals surface area contributed by atoms with Crippen molar-refractivity contribution in [3.63, 3.8) is 0 Å². The number of benzene rings is 2. The number of hydrogen-bond acceptors (Lipinski definition) is 2. The van der Waals surface area contributed by atoms with Gasteiger partial charge in [-0.25, -0.2) is 4.39 Å². The van der Waals surface area contributed by atoms with Gasteiger partial charge in [0.25, 0.3) is 5.91 Å². The molecule has 2 aromatic carbocycles. The maximum atomic E-state index is 12.9. The number of nitrogens with one attached hydrogen (secondary N) is 1. The summed E-state index contributed by atoms with van der Waals surface area (Å²) in [4.78, 5) is 26.3. The van der Waals surface area contributed by atoms with Crippen molar-refractivity contribution in [2.45, 2.75) is 25.7 Å². The van der Waals surface area contributed by atoms with Crippen molar-refractivity contribution in [1.82, 2.24) is 5.32 Å². The molecular formula is C20H19FN2O2. The molecule has 2 aliphatic heterocycles. The van der Waals surface area contributed by atoms with Crippen molar-refractivity contribution in [2.75, 3.05) is 18.0 Å². The molecule has 0 aromatic heterocycles. The Kier molecular flexibility index (Phi) is 3.99. The molecule has 0 fully saturated rings.